The SMILES string of the molecule is Cc1ccc2c(CO)c3ccccc3c(C=O)c2c1. The maximum absolute atomic E-state index is 11.5. The summed E-state index contributed by atoms with van der Waals surface area (Å²) >= 11 is 0. The summed E-state index contributed by atoms with van der Waals surface area (Å²) in [5.41, 5.74) is 2.69. The van der Waals surface area contributed by atoms with Crippen molar-refractivity contribution in [2.75, 3.05) is 0 Å². The summed E-state index contributed by atoms with van der Waals surface area (Å²) in [5, 5.41) is 13.4. The predicted octanol–water partition coefficient (Wildman–Crippen LogP) is 3.61. The summed E-state index contributed by atoms with van der Waals surface area (Å²) in [4.78, 5) is 11.5. The standard InChI is InChI=1S/C17H14O2/c1-11-6-7-14-15(8-11)17(10-19)13-5-3-2-4-12(13)16(14)9-18/h2-8,10,18H,9H2,1H3. The Morgan fingerprint density at radius 2 is 1.68 bits per heavy atom. The molecule has 0 fully saturated rings. The molecule has 0 atom stereocenters. The molecule has 0 aliphatic heterocycles. The van der Waals surface area contributed by atoms with Gasteiger partial charge in [0.25, 0.3) is 0 Å². The number of hydrogen-bond acceptors (Lipinski definition) is 2. The van der Waals surface area contributed by atoms with Gasteiger partial charge in [-0.1, -0.05) is 48.0 Å². The zero-order valence-electron chi connectivity index (χ0n) is 10.7. The van der Waals surface area contributed by atoms with Gasteiger partial charge in [-0.15, -0.1) is 0 Å². The smallest absolute Gasteiger partial charge is 0.151 e. The lowest BCUT2D eigenvalue weighted by Crippen LogP contribution is -1.95. The number of aliphatic hydroxyl groups excluding tert-OH is 1. The van der Waals surface area contributed by atoms with E-state index in [1.54, 1.807) is 0 Å². The minimum atomic E-state index is -0.0286. The third kappa shape index (κ3) is 1.72. The van der Waals surface area contributed by atoms with E-state index in [9.17, 15) is 9.90 Å². The molecule has 2 heteroatoms. The van der Waals surface area contributed by atoms with Crippen LogP contribution in [-0.2, 0) is 6.61 Å². The number of aryl methyl sites for hydroxylation is 1. The van der Waals surface area contributed by atoms with Crippen LogP contribution in [0.2, 0.25) is 0 Å². The Kier molecular flexibility index (Phi) is 2.80. The fraction of sp³-hybridized carbons (Fsp3) is 0.118. The van der Waals surface area contributed by atoms with Crippen LogP contribution in [0, 0.1) is 6.92 Å². The molecule has 0 bridgehead atoms. The van der Waals surface area contributed by atoms with Crippen molar-refractivity contribution in [1.82, 2.24) is 0 Å². The minimum absolute atomic E-state index is 0.0286. The fourth-order valence-electron chi connectivity index (χ4n) is 2.71. The largest absolute Gasteiger partial charge is 0.392 e. The Balaban J connectivity index is 2.64. The molecule has 1 N–H and O–H groups in total. The van der Waals surface area contributed by atoms with Crippen LogP contribution in [0.15, 0.2) is 42.5 Å². The Morgan fingerprint density at radius 3 is 2.37 bits per heavy atom. The number of carbonyl (C=O) groups is 1. The Morgan fingerprint density at radius 1 is 1.00 bits per heavy atom. The number of fused-ring (bicyclic) bond motifs is 2. The van der Waals surface area contributed by atoms with Crippen molar-refractivity contribution < 1.29 is 9.90 Å². The van der Waals surface area contributed by atoms with E-state index in [4.69, 9.17) is 0 Å². The number of benzene rings is 3. The number of aliphatic hydroxyl groups is 1. The molecule has 19 heavy (non-hydrogen) atoms. The highest BCUT2D eigenvalue weighted by atomic mass is 16.3. The van der Waals surface area contributed by atoms with Gasteiger partial charge in [-0.3, -0.25) is 4.79 Å². The molecule has 94 valence electrons. The highest BCUT2D eigenvalue weighted by molar-refractivity contribution is 6.14. The van der Waals surface area contributed by atoms with Crippen molar-refractivity contribution in [1.29, 1.82) is 0 Å². The van der Waals surface area contributed by atoms with Crippen LogP contribution >= 0.6 is 0 Å². The van der Waals surface area contributed by atoms with Crippen LogP contribution in [0.25, 0.3) is 21.5 Å². The van der Waals surface area contributed by atoms with Crippen LogP contribution in [0.3, 0.4) is 0 Å². The van der Waals surface area contributed by atoms with Gasteiger partial charge in [-0.05, 0) is 34.0 Å². The molecule has 0 unspecified atom stereocenters. The van der Waals surface area contributed by atoms with Gasteiger partial charge in [0.05, 0.1) is 6.61 Å². The third-order valence-electron chi connectivity index (χ3n) is 3.61. The molecule has 0 aromatic heterocycles. The minimum Gasteiger partial charge on any atom is -0.392 e. The molecule has 2 nitrogen and oxygen atoms in total. The monoisotopic (exact) mass is 250 g/mol. The van der Waals surface area contributed by atoms with Gasteiger partial charge in [0.2, 0.25) is 0 Å². The lowest BCUT2D eigenvalue weighted by molar-refractivity contribution is 0.112. The van der Waals surface area contributed by atoms with Crippen molar-refractivity contribution >= 4 is 27.8 Å². The second kappa shape index (κ2) is 4.48. The average Bonchev–Trinajstić information content (AvgIpc) is 2.44. The fourth-order valence-corrected chi connectivity index (χ4v) is 2.71. The molecule has 0 amide bonds. The first-order valence-corrected chi connectivity index (χ1v) is 6.26. The van der Waals surface area contributed by atoms with Crippen LogP contribution < -0.4 is 0 Å². The van der Waals surface area contributed by atoms with E-state index >= 15 is 0 Å². The molecule has 3 aromatic carbocycles. The van der Waals surface area contributed by atoms with Crippen molar-refractivity contribution in [3.8, 4) is 0 Å². The molecule has 0 radical (unpaired) electrons. The van der Waals surface area contributed by atoms with E-state index in [1.807, 2.05) is 49.4 Å². The molecule has 0 spiro atoms. The lowest BCUT2D eigenvalue weighted by Gasteiger charge is -2.13. The first-order valence-electron chi connectivity index (χ1n) is 6.26. The van der Waals surface area contributed by atoms with Crippen LogP contribution in [0.4, 0.5) is 0 Å². The van der Waals surface area contributed by atoms with Crippen molar-refractivity contribution in [2.45, 2.75) is 13.5 Å². The number of aldehydes is 1. The van der Waals surface area contributed by atoms with Gasteiger partial charge in [0, 0.05) is 5.56 Å². The van der Waals surface area contributed by atoms with E-state index < -0.39 is 0 Å². The predicted molar refractivity (Wildman–Crippen MR) is 77.5 cm³/mol. The summed E-state index contributed by atoms with van der Waals surface area (Å²) < 4.78 is 0. The van der Waals surface area contributed by atoms with E-state index in [1.165, 1.54) is 0 Å². The maximum Gasteiger partial charge on any atom is 0.151 e. The molecule has 0 saturated heterocycles. The van der Waals surface area contributed by atoms with E-state index in [0.29, 0.717) is 5.56 Å². The Hall–Kier alpha value is -2.19. The number of rotatable bonds is 2. The molecular formula is C17H14O2. The first kappa shape index (κ1) is 11.9. The maximum atomic E-state index is 11.5. The van der Waals surface area contributed by atoms with Gasteiger partial charge < -0.3 is 5.11 Å². The van der Waals surface area contributed by atoms with Crippen LogP contribution in [-0.4, -0.2) is 11.4 Å². The number of carbonyl (C=O) groups excluding carboxylic acids is 1. The van der Waals surface area contributed by atoms with E-state index in [0.717, 1.165) is 39.0 Å². The molecule has 0 saturated carbocycles. The Labute approximate surface area is 111 Å². The van der Waals surface area contributed by atoms with Crippen molar-refractivity contribution in [3.05, 3.63) is 59.2 Å². The summed E-state index contributed by atoms with van der Waals surface area (Å²) in [7, 11) is 0. The number of hydrogen-bond donors (Lipinski definition) is 1. The van der Waals surface area contributed by atoms with Gasteiger partial charge >= 0.3 is 0 Å². The average molecular weight is 250 g/mol. The second-order valence-electron chi connectivity index (χ2n) is 4.76. The van der Waals surface area contributed by atoms with Crippen LogP contribution in [0.1, 0.15) is 21.5 Å². The molecule has 0 heterocycles. The van der Waals surface area contributed by atoms with Gasteiger partial charge in [-0.25, -0.2) is 0 Å². The first-order chi connectivity index (χ1) is 9.26. The molecule has 0 aliphatic rings. The molecule has 3 aromatic rings. The van der Waals surface area contributed by atoms with E-state index in [2.05, 4.69) is 0 Å². The van der Waals surface area contributed by atoms with Gasteiger partial charge in [0.1, 0.15) is 0 Å². The molecule has 0 aliphatic carbocycles. The summed E-state index contributed by atoms with van der Waals surface area (Å²) in [6, 6.07) is 13.7. The zero-order valence-corrected chi connectivity index (χ0v) is 10.7. The van der Waals surface area contributed by atoms with Gasteiger partial charge in [0.15, 0.2) is 6.29 Å². The van der Waals surface area contributed by atoms with Gasteiger partial charge in [-0.2, -0.15) is 0 Å². The highest BCUT2D eigenvalue weighted by Gasteiger charge is 2.12. The zero-order chi connectivity index (χ0) is 13.4. The molecular weight excluding hydrogens is 236 g/mol. The summed E-state index contributed by atoms with van der Waals surface area (Å²) in [6.07, 6.45) is 0.908. The normalized spacial score (nSPS) is 11.1. The second-order valence-corrected chi connectivity index (χ2v) is 4.76. The quantitative estimate of drug-likeness (QED) is 0.557. The van der Waals surface area contributed by atoms with Crippen molar-refractivity contribution in [3.63, 3.8) is 0 Å². The lowest BCUT2D eigenvalue weighted by atomic mass is 9.91. The van der Waals surface area contributed by atoms with Crippen molar-refractivity contribution in [2.24, 2.45) is 0 Å². The highest BCUT2D eigenvalue weighted by Crippen LogP contribution is 2.32. The summed E-state index contributed by atoms with van der Waals surface area (Å²) in [5.74, 6) is 0. The van der Waals surface area contributed by atoms with Crippen LogP contribution in [0.5, 0.6) is 0 Å². The topological polar surface area (TPSA) is 37.3 Å². The Bertz CT molecular complexity index is 788. The van der Waals surface area contributed by atoms with E-state index in [-0.39, 0.29) is 6.61 Å². The third-order valence-corrected chi connectivity index (χ3v) is 3.61. The summed E-state index contributed by atoms with van der Waals surface area (Å²) in [6.45, 7) is 1.97. The molecule has 3 rings (SSSR count).